The Hall–Kier alpha value is -1.53. The molecule has 0 aliphatic carbocycles. The molecule has 1 saturated heterocycles. The Labute approximate surface area is 109 Å². The number of carbonyl (C=O) groups excluding carboxylic acids is 1. The quantitative estimate of drug-likeness (QED) is 0.840. The summed E-state index contributed by atoms with van der Waals surface area (Å²) in [5.74, 6) is -0.821. The summed E-state index contributed by atoms with van der Waals surface area (Å²) in [6.45, 7) is -0.320. The Morgan fingerprint density at radius 2 is 2.11 bits per heavy atom. The lowest BCUT2D eigenvalue weighted by Gasteiger charge is -2.36. The normalized spacial score (nSPS) is 24.1. The molecule has 0 unspecified atom stereocenters. The summed E-state index contributed by atoms with van der Waals surface area (Å²) in [6.07, 6.45) is 0. The van der Waals surface area contributed by atoms with Gasteiger partial charge in [0.15, 0.2) is 0 Å². The molecule has 0 radical (unpaired) electrons. The number of aliphatic carboxylic acids is 1. The molecule has 1 fully saturated rings. The highest BCUT2D eigenvalue weighted by Gasteiger charge is 2.35. The van der Waals surface area contributed by atoms with Gasteiger partial charge in [-0.1, -0.05) is 30.3 Å². The molecule has 0 aromatic heterocycles. The summed E-state index contributed by atoms with van der Waals surface area (Å²) in [4.78, 5) is 24.2. The van der Waals surface area contributed by atoms with Crippen LogP contribution >= 0.6 is 11.8 Å². The van der Waals surface area contributed by atoms with Crippen molar-refractivity contribution in [1.29, 1.82) is 0 Å². The standard InChI is InChI=1S/C12H14N2O3S/c13-9-7-18-12(8-4-2-1-3-5-8)14(11(9)17)6-10(15)16/h1-5,9,12H,6-7,13H2,(H,15,16)/t9-,12-/m0/s1. The first-order valence-corrected chi connectivity index (χ1v) is 6.59. The molecule has 18 heavy (non-hydrogen) atoms. The Morgan fingerprint density at radius 1 is 1.44 bits per heavy atom. The number of nitrogens with zero attached hydrogens (tertiary/aromatic N) is 1. The molecule has 0 spiro atoms. The van der Waals surface area contributed by atoms with Gasteiger partial charge in [0.1, 0.15) is 11.9 Å². The highest BCUT2D eigenvalue weighted by Crippen LogP contribution is 2.36. The molecule has 0 saturated carbocycles. The molecule has 6 heteroatoms. The van der Waals surface area contributed by atoms with Gasteiger partial charge in [-0.05, 0) is 5.56 Å². The average molecular weight is 266 g/mol. The van der Waals surface area contributed by atoms with Crippen LogP contribution in [0.5, 0.6) is 0 Å². The number of carboxylic acid groups (broad SMARTS) is 1. The maximum atomic E-state index is 12.0. The number of nitrogens with two attached hydrogens (primary N) is 1. The third-order valence-electron chi connectivity index (χ3n) is 2.71. The number of rotatable bonds is 3. The molecule has 5 nitrogen and oxygen atoms in total. The molecule has 96 valence electrons. The van der Waals surface area contributed by atoms with Gasteiger partial charge in [-0.15, -0.1) is 11.8 Å². The summed E-state index contributed by atoms with van der Waals surface area (Å²) in [6, 6.07) is 8.77. The van der Waals surface area contributed by atoms with Crippen LogP contribution in [0.3, 0.4) is 0 Å². The SMILES string of the molecule is N[C@H]1CS[C@@H](c2ccccc2)N(CC(=O)O)C1=O. The molecule has 1 aromatic rings. The Kier molecular flexibility index (Phi) is 3.88. The lowest BCUT2D eigenvalue weighted by Crippen LogP contribution is -2.51. The van der Waals surface area contributed by atoms with Gasteiger partial charge in [0.2, 0.25) is 5.91 Å². The van der Waals surface area contributed by atoms with E-state index >= 15 is 0 Å². The van der Waals surface area contributed by atoms with E-state index < -0.39 is 12.0 Å². The van der Waals surface area contributed by atoms with E-state index in [-0.39, 0.29) is 17.8 Å². The van der Waals surface area contributed by atoms with Crippen molar-refractivity contribution in [3.05, 3.63) is 35.9 Å². The molecule has 1 aliphatic rings. The van der Waals surface area contributed by atoms with Gasteiger partial charge in [0.25, 0.3) is 0 Å². The van der Waals surface area contributed by atoms with Crippen LogP contribution in [0.25, 0.3) is 0 Å². The van der Waals surface area contributed by atoms with Crippen LogP contribution in [0.1, 0.15) is 10.9 Å². The van der Waals surface area contributed by atoms with Crippen molar-refractivity contribution in [3.63, 3.8) is 0 Å². The minimum Gasteiger partial charge on any atom is -0.480 e. The van der Waals surface area contributed by atoms with Crippen LogP contribution in [0.4, 0.5) is 0 Å². The van der Waals surface area contributed by atoms with Crippen molar-refractivity contribution < 1.29 is 14.7 Å². The predicted molar refractivity (Wildman–Crippen MR) is 69.0 cm³/mol. The first-order chi connectivity index (χ1) is 8.59. The topological polar surface area (TPSA) is 83.6 Å². The Balaban J connectivity index is 2.27. The zero-order valence-electron chi connectivity index (χ0n) is 9.65. The van der Waals surface area contributed by atoms with E-state index in [0.717, 1.165) is 5.56 Å². The second-order valence-electron chi connectivity index (χ2n) is 4.06. The molecule has 2 rings (SSSR count). The van der Waals surface area contributed by atoms with Crippen LogP contribution in [0.2, 0.25) is 0 Å². The highest BCUT2D eigenvalue weighted by atomic mass is 32.2. The van der Waals surface area contributed by atoms with Gasteiger partial charge >= 0.3 is 5.97 Å². The van der Waals surface area contributed by atoms with Crippen molar-refractivity contribution >= 4 is 23.6 Å². The van der Waals surface area contributed by atoms with E-state index in [9.17, 15) is 9.59 Å². The lowest BCUT2D eigenvalue weighted by atomic mass is 10.2. The number of hydrogen-bond acceptors (Lipinski definition) is 4. The predicted octanol–water partition coefficient (Wildman–Crippen LogP) is 0.672. The summed E-state index contributed by atoms with van der Waals surface area (Å²) >= 11 is 1.49. The minimum atomic E-state index is -1.03. The Morgan fingerprint density at radius 3 is 2.72 bits per heavy atom. The summed E-state index contributed by atoms with van der Waals surface area (Å²) < 4.78 is 0. The van der Waals surface area contributed by atoms with Crippen LogP contribution in [0.15, 0.2) is 30.3 Å². The first-order valence-electron chi connectivity index (χ1n) is 5.54. The lowest BCUT2D eigenvalue weighted by molar-refractivity contribution is -0.145. The molecule has 1 heterocycles. The maximum absolute atomic E-state index is 12.0. The van der Waals surface area contributed by atoms with Gasteiger partial charge in [0.05, 0.1) is 6.04 Å². The van der Waals surface area contributed by atoms with Gasteiger partial charge in [-0.2, -0.15) is 0 Å². The Bertz CT molecular complexity index is 452. The molecular weight excluding hydrogens is 252 g/mol. The van der Waals surface area contributed by atoms with Crippen LogP contribution in [-0.4, -0.2) is 40.2 Å². The highest BCUT2D eigenvalue weighted by molar-refractivity contribution is 7.99. The number of carbonyl (C=O) groups is 2. The second-order valence-corrected chi connectivity index (χ2v) is 5.18. The molecule has 1 aromatic carbocycles. The molecular formula is C12H14N2O3S. The molecule has 2 atom stereocenters. The van der Waals surface area contributed by atoms with Gasteiger partial charge < -0.3 is 15.7 Å². The van der Waals surface area contributed by atoms with Crippen molar-refractivity contribution in [2.45, 2.75) is 11.4 Å². The fourth-order valence-electron chi connectivity index (χ4n) is 1.89. The molecule has 1 aliphatic heterocycles. The molecule has 0 bridgehead atoms. The first kappa shape index (κ1) is 12.9. The van der Waals surface area contributed by atoms with Crippen LogP contribution < -0.4 is 5.73 Å². The number of benzene rings is 1. The monoisotopic (exact) mass is 266 g/mol. The van der Waals surface area contributed by atoms with E-state index in [1.165, 1.54) is 16.7 Å². The second kappa shape index (κ2) is 5.41. The number of amides is 1. The summed E-state index contributed by atoms with van der Waals surface area (Å²) in [7, 11) is 0. The number of carboxylic acids is 1. The minimum absolute atomic E-state index is 0.269. The van der Waals surface area contributed by atoms with Crippen LogP contribution in [-0.2, 0) is 9.59 Å². The van der Waals surface area contributed by atoms with E-state index in [1.54, 1.807) is 0 Å². The van der Waals surface area contributed by atoms with Gasteiger partial charge in [-0.25, -0.2) is 0 Å². The summed E-state index contributed by atoms with van der Waals surface area (Å²) in [5.41, 5.74) is 6.60. The van der Waals surface area contributed by atoms with E-state index in [4.69, 9.17) is 10.8 Å². The zero-order valence-corrected chi connectivity index (χ0v) is 10.5. The van der Waals surface area contributed by atoms with Crippen LogP contribution in [0, 0.1) is 0 Å². The van der Waals surface area contributed by atoms with Crippen molar-refractivity contribution in [2.75, 3.05) is 12.3 Å². The largest absolute Gasteiger partial charge is 0.480 e. The number of thioether (sulfide) groups is 1. The third kappa shape index (κ3) is 2.65. The smallest absolute Gasteiger partial charge is 0.323 e. The van der Waals surface area contributed by atoms with Crippen molar-refractivity contribution in [1.82, 2.24) is 4.90 Å². The average Bonchev–Trinajstić information content (AvgIpc) is 2.36. The molecule has 1 amide bonds. The van der Waals surface area contributed by atoms with Gasteiger partial charge in [-0.3, -0.25) is 9.59 Å². The molecule has 3 N–H and O–H groups in total. The summed E-state index contributed by atoms with van der Waals surface area (Å²) in [5, 5.41) is 8.62. The third-order valence-corrected chi connectivity index (χ3v) is 4.10. The fraction of sp³-hybridized carbons (Fsp3) is 0.333. The van der Waals surface area contributed by atoms with Crippen molar-refractivity contribution in [2.24, 2.45) is 5.73 Å². The fourth-order valence-corrected chi connectivity index (χ4v) is 3.13. The van der Waals surface area contributed by atoms with Crippen molar-refractivity contribution in [3.8, 4) is 0 Å². The van der Waals surface area contributed by atoms with Gasteiger partial charge in [0, 0.05) is 5.75 Å². The van der Waals surface area contributed by atoms with E-state index in [0.29, 0.717) is 5.75 Å². The number of hydrogen-bond donors (Lipinski definition) is 2. The maximum Gasteiger partial charge on any atom is 0.323 e. The van der Waals surface area contributed by atoms with E-state index in [2.05, 4.69) is 0 Å². The van der Waals surface area contributed by atoms with E-state index in [1.807, 2.05) is 30.3 Å². The zero-order chi connectivity index (χ0) is 13.1.